The molecule has 0 atom stereocenters. The molecule has 0 aliphatic carbocycles. The van der Waals surface area contributed by atoms with Crippen LogP contribution in [-0.4, -0.2) is 9.13 Å². The summed E-state index contributed by atoms with van der Waals surface area (Å²) >= 11 is 0. The first kappa shape index (κ1) is 24.9. The molecule has 8 aromatic carbocycles. The fourth-order valence-electron chi connectivity index (χ4n) is 8.14. The van der Waals surface area contributed by atoms with Crippen LogP contribution in [0.2, 0.25) is 0 Å². The molecule has 3 heterocycles. The van der Waals surface area contributed by atoms with Crippen LogP contribution in [0.25, 0.3) is 98.5 Å². The molecule has 0 aliphatic rings. The summed E-state index contributed by atoms with van der Waals surface area (Å²) < 4.78 is 11.7. The quantitative estimate of drug-likeness (QED) is 0.194. The zero-order valence-corrected chi connectivity index (χ0v) is 25.3. The molecule has 3 heteroatoms. The first-order valence-electron chi connectivity index (χ1n) is 16.1. The maximum absolute atomic E-state index is 6.71. The van der Waals surface area contributed by atoms with Gasteiger partial charge in [0.2, 0.25) is 0 Å². The Kier molecular flexibility index (Phi) is 4.84. The minimum absolute atomic E-state index is 0.912. The van der Waals surface area contributed by atoms with Crippen molar-refractivity contribution >= 4 is 87.1 Å². The molecule has 47 heavy (non-hydrogen) atoms. The lowest BCUT2D eigenvalue weighted by Crippen LogP contribution is -1.97. The first-order chi connectivity index (χ1) is 23.3. The van der Waals surface area contributed by atoms with Gasteiger partial charge in [0, 0.05) is 37.7 Å². The number of aromatic nitrogens is 2. The van der Waals surface area contributed by atoms with Crippen LogP contribution < -0.4 is 0 Å². The second-order valence-electron chi connectivity index (χ2n) is 12.5. The van der Waals surface area contributed by atoms with Gasteiger partial charge in [-0.2, -0.15) is 0 Å². The van der Waals surface area contributed by atoms with Crippen LogP contribution in [-0.2, 0) is 0 Å². The Bertz CT molecular complexity index is 3070. The van der Waals surface area contributed by atoms with E-state index in [9.17, 15) is 0 Å². The second-order valence-corrected chi connectivity index (χ2v) is 12.5. The predicted octanol–water partition coefficient (Wildman–Crippen LogP) is 12.1. The van der Waals surface area contributed by atoms with E-state index in [0.717, 1.165) is 38.5 Å². The third kappa shape index (κ3) is 3.25. The standard InChI is InChI=1S/C44H26N2O/c1-3-15-29-27(11-1)13-9-20-35(29)45-37-19-7-5-18-33(37)41-38(45)26-24-34-42-39(25-23-32-31-17-6-8-22-40(31)47-44(32)42)46(43(34)41)36-21-10-14-28-12-2-4-16-30(28)36/h1-26H. The highest BCUT2D eigenvalue weighted by atomic mass is 16.3. The van der Waals surface area contributed by atoms with Crippen molar-refractivity contribution in [2.45, 2.75) is 0 Å². The van der Waals surface area contributed by atoms with Gasteiger partial charge in [0.05, 0.1) is 38.8 Å². The van der Waals surface area contributed by atoms with E-state index in [-0.39, 0.29) is 0 Å². The number of para-hydroxylation sites is 2. The Morgan fingerprint density at radius 3 is 1.64 bits per heavy atom. The van der Waals surface area contributed by atoms with Crippen LogP contribution in [0.15, 0.2) is 162 Å². The Hall–Kier alpha value is -6.32. The molecule has 3 aromatic heterocycles. The molecule has 0 N–H and O–H groups in total. The molecule has 0 bridgehead atoms. The minimum atomic E-state index is 0.912. The number of hydrogen-bond donors (Lipinski definition) is 0. The topological polar surface area (TPSA) is 23.0 Å². The summed E-state index contributed by atoms with van der Waals surface area (Å²) in [6.45, 7) is 0. The predicted molar refractivity (Wildman–Crippen MR) is 197 cm³/mol. The number of benzene rings is 8. The summed E-state index contributed by atoms with van der Waals surface area (Å²) in [5.41, 5.74) is 8.89. The monoisotopic (exact) mass is 598 g/mol. The molecule has 0 fully saturated rings. The van der Waals surface area contributed by atoms with Crippen LogP contribution in [0.1, 0.15) is 0 Å². The third-order valence-electron chi connectivity index (χ3n) is 10.1. The smallest absolute Gasteiger partial charge is 0.145 e. The van der Waals surface area contributed by atoms with Crippen LogP contribution >= 0.6 is 0 Å². The van der Waals surface area contributed by atoms with Gasteiger partial charge in [-0.3, -0.25) is 0 Å². The van der Waals surface area contributed by atoms with Crippen molar-refractivity contribution in [3.8, 4) is 11.4 Å². The average molecular weight is 599 g/mol. The highest BCUT2D eigenvalue weighted by Gasteiger charge is 2.24. The van der Waals surface area contributed by atoms with Gasteiger partial charge in [-0.1, -0.05) is 109 Å². The van der Waals surface area contributed by atoms with E-state index in [1.165, 1.54) is 59.9 Å². The van der Waals surface area contributed by atoms with E-state index in [1.54, 1.807) is 0 Å². The van der Waals surface area contributed by atoms with E-state index in [2.05, 4.69) is 161 Å². The molecule has 11 rings (SSSR count). The highest BCUT2D eigenvalue weighted by Crippen LogP contribution is 2.46. The SMILES string of the molecule is c1ccc2c(-n3c4ccccc4c4c3ccc3c5c6oc7ccccc7c6ccc5n(-c5cccc6ccccc56)c34)cccc2c1. The Balaban J connectivity index is 1.41. The zero-order valence-electron chi connectivity index (χ0n) is 25.3. The summed E-state index contributed by atoms with van der Waals surface area (Å²) in [7, 11) is 0. The summed E-state index contributed by atoms with van der Waals surface area (Å²) in [6, 6.07) is 57.0. The lowest BCUT2D eigenvalue weighted by Gasteiger charge is -2.13. The van der Waals surface area contributed by atoms with Crippen molar-refractivity contribution in [3.63, 3.8) is 0 Å². The third-order valence-corrected chi connectivity index (χ3v) is 10.1. The normalized spacial score (nSPS) is 12.3. The summed E-state index contributed by atoms with van der Waals surface area (Å²) in [4.78, 5) is 0. The van der Waals surface area contributed by atoms with Gasteiger partial charge < -0.3 is 13.6 Å². The van der Waals surface area contributed by atoms with E-state index >= 15 is 0 Å². The average Bonchev–Trinajstić information content (AvgIpc) is 3.78. The van der Waals surface area contributed by atoms with Crippen LogP contribution in [0.3, 0.4) is 0 Å². The Morgan fingerprint density at radius 2 is 0.894 bits per heavy atom. The Labute approximate surface area is 269 Å². The lowest BCUT2D eigenvalue weighted by molar-refractivity contribution is 0.673. The second kappa shape index (κ2) is 9.12. The van der Waals surface area contributed by atoms with E-state index < -0.39 is 0 Å². The van der Waals surface area contributed by atoms with E-state index in [4.69, 9.17) is 4.42 Å². The maximum atomic E-state index is 6.71. The number of nitrogens with zero attached hydrogens (tertiary/aromatic N) is 2. The molecule has 0 saturated carbocycles. The fourth-order valence-corrected chi connectivity index (χ4v) is 8.14. The molecule has 218 valence electrons. The van der Waals surface area contributed by atoms with Crippen molar-refractivity contribution in [2.75, 3.05) is 0 Å². The Morgan fingerprint density at radius 1 is 0.340 bits per heavy atom. The van der Waals surface area contributed by atoms with Crippen molar-refractivity contribution in [3.05, 3.63) is 158 Å². The van der Waals surface area contributed by atoms with Gasteiger partial charge in [-0.25, -0.2) is 0 Å². The number of furan rings is 1. The maximum Gasteiger partial charge on any atom is 0.145 e. The number of fused-ring (bicyclic) bond motifs is 13. The molecular weight excluding hydrogens is 572 g/mol. The van der Waals surface area contributed by atoms with Crippen molar-refractivity contribution in [1.82, 2.24) is 9.13 Å². The van der Waals surface area contributed by atoms with Crippen molar-refractivity contribution in [1.29, 1.82) is 0 Å². The van der Waals surface area contributed by atoms with Gasteiger partial charge in [0.15, 0.2) is 0 Å². The minimum Gasteiger partial charge on any atom is -0.455 e. The largest absolute Gasteiger partial charge is 0.455 e. The van der Waals surface area contributed by atoms with Crippen LogP contribution in [0, 0.1) is 0 Å². The molecule has 0 unspecified atom stereocenters. The van der Waals surface area contributed by atoms with Gasteiger partial charge in [-0.05, 0) is 59.3 Å². The van der Waals surface area contributed by atoms with E-state index in [1.807, 2.05) is 6.07 Å². The molecule has 0 saturated heterocycles. The number of rotatable bonds is 2. The van der Waals surface area contributed by atoms with Crippen LogP contribution in [0.4, 0.5) is 0 Å². The summed E-state index contributed by atoms with van der Waals surface area (Å²) in [6.07, 6.45) is 0. The molecule has 0 aliphatic heterocycles. The van der Waals surface area contributed by atoms with Gasteiger partial charge in [0.25, 0.3) is 0 Å². The van der Waals surface area contributed by atoms with Gasteiger partial charge >= 0.3 is 0 Å². The van der Waals surface area contributed by atoms with Gasteiger partial charge in [-0.15, -0.1) is 0 Å². The molecule has 3 nitrogen and oxygen atoms in total. The molecule has 0 radical (unpaired) electrons. The zero-order chi connectivity index (χ0) is 30.6. The van der Waals surface area contributed by atoms with Gasteiger partial charge in [0.1, 0.15) is 11.2 Å². The first-order valence-corrected chi connectivity index (χ1v) is 16.1. The summed E-state index contributed by atoms with van der Waals surface area (Å²) in [5, 5.41) is 12.0. The molecular formula is C44H26N2O. The van der Waals surface area contributed by atoms with Crippen molar-refractivity contribution < 1.29 is 4.42 Å². The van der Waals surface area contributed by atoms with Crippen molar-refractivity contribution in [2.24, 2.45) is 0 Å². The van der Waals surface area contributed by atoms with Crippen LogP contribution in [0.5, 0.6) is 0 Å². The molecule has 0 spiro atoms. The molecule has 0 amide bonds. The lowest BCUT2D eigenvalue weighted by atomic mass is 10.1. The molecule has 11 aromatic rings. The highest BCUT2D eigenvalue weighted by molar-refractivity contribution is 6.31. The summed E-state index contributed by atoms with van der Waals surface area (Å²) in [5.74, 6) is 0. The number of hydrogen-bond acceptors (Lipinski definition) is 1. The fraction of sp³-hybridized carbons (Fsp3) is 0. The van der Waals surface area contributed by atoms with E-state index in [0.29, 0.717) is 0 Å².